The molecule has 1 aliphatic rings. The molecule has 0 amide bonds. The van der Waals surface area contributed by atoms with Crippen LogP contribution in [0.4, 0.5) is 0 Å². The van der Waals surface area contributed by atoms with E-state index in [1.54, 1.807) is 0 Å². The molecule has 96 valence electrons. The minimum atomic E-state index is 0.0238. The predicted octanol–water partition coefficient (Wildman–Crippen LogP) is 2.57. The largest absolute Gasteiger partial charge is 0.396 e. The van der Waals surface area contributed by atoms with Gasteiger partial charge in [0.1, 0.15) is 0 Å². The van der Waals surface area contributed by atoms with Gasteiger partial charge < -0.3 is 14.6 Å². The molecule has 2 unspecified atom stereocenters. The summed E-state index contributed by atoms with van der Waals surface area (Å²) >= 11 is 0. The Morgan fingerprint density at radius 3 is 2.69 bits per heavy atom. The van der Waals surface area contributed by atoms with Gasteiger partial charge in [0.2, 0.25) is 0 Å². The maximum absolute atomic E-state index is 8.97. The van der Waals surface area contributed by atoms with E-state index in [0.29, 0.717) is 11.8 Å². The number of ether oxygens (including phenoxy) is 2. The van der Waals surface area contributed by atoms with Crippen LogP contribution < -0.4 is 0 Å². The average molecular weight is 230 g/mol. The fourth-order valence-corrected chi connectivity index (χ4v) is 2.17. The number of aliphatic hydroxyl groups is 1. The van der Waals surface area contributed by atoms with Gasteiger partial charge in [-0.3, -0.25) is 0 Å². The molecule has 0 aromatic carbocycles. The van der Waals surface area contributed by atoms with E-state index < -0.39 is 0 Å². The van der Waals surface area contributed by atoms with E-state index in [0.717, 1.165) is 32.5 Å². The molecule has 1 heterocycles. The molecule has 0 aromatic heterocycles. The van der Waals surface area contributed by atoms with Crippen molar-refractivity contribution < 1.29 is 14.6 Å². The van der Waals surface area contributed by atoms with Crippen LogP contribution in [0.2, 0.25) is 0 Å². The molecule has 1 rings (SSSR count). The molecule has 0 aromatic rings. The summed E-state index contributed by atoms with van der Waals surface area (Å²) in [4.78, 5) is 0. The van der Waals surface area contributed by atoms with Crippen molar-refractivity contribution in [2.45, 2.75) is 52.2 Å². The molecule has 1 N–H and O–H groups in total. The molecular weight excluding hydrogens is 204 g/mol. The zero-order valence-electron chi connectivity index (χ0n) is 10.7. The normalized spacial score (nSPS) is 23.6. The molecule has 0 bridgehead atoms. The smallest absolute Gasteiger partial charge is 0.157 e. The van der Waals surface area contributed by atoms with E-state index in [4.69, 9.17) is 14.6 Å². The highest BCUT2D eigenvalue weighted by Crippen LogP contribution is 2.20. The monoisotopic (exact) mass is 230 g/mol. The quantitative estimate of drug-likeness (QED) is 0.730. The molecule has 0 saturated carbocycles. The molecule has 0 spiro atoms. The Morgan fingerprint density at radius 1 is 1.31 bits per heavy atom. The molecule has 3 heteroatoms. The zero-order chi connectivity index (χ0) is 11.8. The first-order valence-electron chi connectivity index (χ1n) is 6.58. The SMILES string of the molecule is CC(C)C(CCO)CCOC1CCCCO1. The molecule has 3 nitrogen and oxygen atoms in total. The second kappa shape index (κ2) is 8.04. The maximum Gasteiger partial charge on any atom is 0.157 e. The summed E-state index contributed by atoms with van der Waals surface area (Å²) in [7, 11) is 0. The van der Waals surface area contributed by atoms with Crippen molar-refractivity contribution in [2.24, 2.45) is 11.8 Å². The van der Waals surface area contributed by atoms with Gasteiger partial charge in [0.05, 0.1) is 6.61 Å². The molecule has 0 radical (unpaired) electrons. The van der Waals surface area contributed by atoms with E-state index in [1.807, 2.05) is 0 Å². The van der Waals surface area contributed by atoms with Gasteiger partial charge in [0.25, 0.3) is 0 Å². The number of rotatable bonds is 7. The summed E-state index contributed by atoms with van der Waals surface area (Å²) < 4.78 is 11.2. The first-order chi connectivity index (χ1) is 7.74. The molecule has 2 atom stereocenters. The number of hydrogen-bond donors (Lipinski definition) is 1. The highest BCUT2D eigenvalue weighted by molar-refractivity contribution is 4.63. The topological polar surface area (TPSA) is 38.7 Å². The average Bonchev–Trinajstić information content (AvgIpc) is 2.29. The van der Waals surface area contributed by atoms with Gasteiger partial charge in [-0.15, -0.1) is 0 Å². The van der Waals surface area contributed by atoms with Gasteiger partial charge in [-0.1, -0.05) is 13.8 Å². The minimum Gasteiger partial charge on any atom is -0.396 e. The van der Waals surface area contributed by atoms with E-state index in [2.05, 4.69) is 13.8 Å². The zero-order valence-corrected chi connectivity index (χ0v) is 10.7. The summed E-state index contributed by atoms with van der Waals surface area (Å²) in [6.07, 6.45) is 5.35. The molecular formula is C13H26O3. The Morgan fingerprint density at radius 2 is 2.12 bits per heavy atom. The van der Waals surface area contributed by atoms with Crippen LogP contribution in [0.1, 0.15) is 46.0 Å². The van der Waals surface area contributed by atoms with Crippen molar-refractivity contribution in [3.63, 3.8) is 0 Å². The Bertz CT molecular complexity index is 165. The Labute approximate surface area is 99.1 Å². The van der Waals surface area contributed by atoms with Crippen LogP contribution >= 0.6 is 0 Å². The molecule has 1 fully saturated rings. The van der Waals surface area contributed by atoms with Crippen LogP contribution in [0.3, 0.4) is 0 Å². The lowest BCUT2D eigenvalue weighted by Crippen LogP contribution is -2.24. The number of aliphatic hydroxyl groups excluding tert-OH is 1. The third-order valence-electron chi connectivity index (χ3n) is 3.37. The van der Waals surface area contributed by atoms with Crippen LogP contribution in [-0.2, 0) is 9.47 Å². The lowest BCUT2D eigenvalue weighted by molar-refractivity contribution is -0.164. The van der Waals surface area contributed by atoms with Crippen molar-refractivity contribution in [3.8, 4) is 0 Å². The highest BCUT2D eigenvalue weighted by atomic mass is 16.7. The van der Waals surface area contributed by atoms with Gasteiger partial charge >= 0.3 is 0 Å². The van der Waals surface area contributed by atoms with Crippen molar-refractivity contribution in [1.29, 1.82) is 0 Å². The lowest BCUT2D eigenvalue weighted by atomic mass is 9.90. The van der Waals surface area contributed by atoms with Crippen LogP contribution in [0.15, 0.2) is 0 Å². The van der Waals surface area contributed by atoms with Gasteiger partial charge in [-0.05, 0) is 43.9 Å². The van der Waals surface area contributed by atoms with Crippen molar-refractivity contribution in [1.82, 2.24) is 0 Å². The second-order valence-corrected chi connectivity index (χ2v) is 4.97. The van der Waals surface area contributed by atoms with E-state index in [-0.39, 0.29) is 12.9 Å². The van der Waals surface area contributed by atoms with Gasteiger partial charge in [0.15, 0.2) is 6.29 Å². The lowest BCUT2D eigenvalue weighted by Gasteiger charge is -2.25. The number of hydrogen-bond acceptors (Lipinski definition) is 3. The Balaban J connectivity index is 2.11. The van der Waals surface area contributed by atoms with Crippen LogP contribution in [0, 0.1) is 11.8 Å². The van der Waals surface area contributed by atoms with Crippen molar-refractivity contribution in [2.75, 3.05) is 19.8 Å². The summed E-state index contributed by atoms with van der Waals surface area (Å²) in [5.41, 5.74) is 0. The first-order valence-corrected chi connectivity index (χ1v) is 6.58. The molecule has 0 aliphatic carbocycles. The van der Waals surface area contributed by atoms with Crippen LogP contribution in [0.25, 0.3) is 0 Å². The molecule has 1 saturated heterocycles. The van der Waals surface area contributed by atoms with Gasteiger partial charge in [-0.25, -0.2) is 0 Å². The van der Waals surface area contributed by atoms with Crippen molar-refractivity contribution in [3.05, 3.63) is 0 Å². The fraction of sp³-hybridized carbons (Fsp3) is 1.00. The molecule has 16 heavy (non-hydrogen) atoms. The summed E-state index contributed by atoms with van der Waals surface area (Å²) in [5, 5.41) is 8.97. The molecule has 1 aliphatic heterocycles. The standard InChI is InChI=1S/C13H26O3/c1-11(2)12(6-8-14)7-10-16-13-5-3-4-9-15-13/h11-14H,3-10H2,1-2H3. The minimum absolute atomic E-state index is 0.0238. The second-order valence-electron chi connectivity index (χ2n) is 4.97. The fourth-order valence-electron chi connectivity index (χ4n) is 2.17. The summed E-state index contributed by atoms with van der Waals surface area (Å²) in [6, 6.07) is 0. The Hall–Kier alpha value is -0.120. The Kier molecular flexibility index (Phi) is 7.01. The highest BCUT2D eigenvalue weighted by Gasteiger charge is 2.16. The third-order valence-corrected chi connectivity index (χ3v) is 3.37. The first kappa shape index (κ1) is 13.9. The van der Waals surface area contributed by atoms with E-state index >= 15 is 0 Å². The van der Waals surface area contributed by atoms with Crippen LogP contribution in [0.5, 0.6) is 0 Å². The van der Waals surface area contributed by atoms with Crippen molar-refractivity contribution >= 4 is 0 Å². The van der Waals surface area contributed by atoms with E-state index in [1.165, 1.54) is 12.8 Å². The maximum atomic E-state index is 8.97. The third kappa shape index (κ3) is 5.28. The van der Waals surface area contributed by atoms with E-state index in [9.17, 15) is 0 Å². The van der Waals surface area contributed by atoms with Gasteiger partial charge in [-0.2, -0.15) is 0 Å². The predicted molar refractivity (Wildman–Crippen MR) is 64.2 cm³/mol. The van der Waals surface area contributed by atoms with Crippen LogP contribution in [-0.4, -0.2) is 31.2 Å². The van der Waals surface area contributed by atoms with Gasteiger partial charge in [0, 0.05) is 13.2 Å². The summed E-state index contributed by atoms with van der Waals surface area (Å²) in [6.45, 7) is 6.29. The summed E-state index contributed by atoms with van der Waals surface area (Å²) in [5.74, 6) is 1.18.